The van der Waals surface area contributed by atoms with Gasteiger partial charge in [0.25, 0.3) is 0 Å². The normalized spacial score (nSPS) is 14.0. The minimum Gasteiger partial charge on any atom is -0.496 e. The second kappa shape index (κ2) is 6.90. The molecule has 0 aliphatic heterocycles. The molecule has 0 amide bonds. The van der Waals surface area contributed by atoms with Crippen molar-refractivity contribution in [2.45, 2.75) is 39.8 Å². The van der Waals surface area contributed by atoms with Gasteiger partial charge in [0, 0.05) is 17.0 Å². The minimum atomic E-state index is 0.254. The van der Waals surface area contributed by atoms with Gasteiger partial charge in [0.2, 0.25) is 0 Å². The van der Waals surface area contributed by atoms with Crippen molar-refractivity contribution in [1.82, 2.24) is 10.3 Å². The van der Waals surface area contributed by atoms with Gasteiger partial charge in [-0.1, -0.05) is 6.07 Å². The van der Waals surface area contributed by atoms with Gasteiger partial charge in [-0.2, -0.15) is 0 Å². The van der Waals surface area contributed by atoms with Crippen LogP contribution < -0.4 is 10.1 Å². The number of hydrogen-bond donors (Lipinski definition) is 1. The van der Waals surface area contributed by atoms with Gasteiger partial charge in [-0.15, -0.1) is 11.3 Å². The Morgan fingerprint density at radius 1 is 1.24 bits per heavy atom. The predicted octanol–water partition coefficient (Wildman–Crippen LogP) is 4.94. The first kappa shape index (κ1) is 16.5. The standard InChI is InChI=1S/C16H21BrN2OS/c1-9(13-6-7-15(20-5)14(17)8-13)18-10(2)16-11(3)19-12(4)21-16/h6-10,18H,1-5H3. The molecule has 21 heavy (non-hydrogen) atoms. The van der Waals surface area contributed by atoms with E-state index in [2.05, 4.69) is 66.1 Å². The number of rotatable bonds is 5. The van der Waals surface area contributed by atoms with Gasteiger partial charge >= 0.3 is 0 Å². The molecule has 3 nitrogen and oxygen atoms in total. The first-order valence-electron chi connectivity index (χ1n) is 6.95. The van der Waals surface area contributed by atoms with Crippen molar-refractivity contribution in [1.29, 1.82) is 0 Å². The molecule has 1 N–H and O–H groups in total. The molecule has 0 saturated carbocycles. The van der Waals surface area contributed by atoms with E-state index in [1.807, 2.05) is 6.07 Å². The highest BCUT2D eigenvalue weighted by Crippen LogP contribution is 2.30. The van der Waals surface area contributed by atoms with Crippen LogP contribution in [0, 0.1) is 13.8 Å². The van der Waals surface area contributed by atoms with Crippen molar-refractivity contribution in [3.63, 3.8) is 0 Å². The molecule has 2 unspecified atom stereocenters. The smallest absolute Gasteiger partial charge is 0.133 e. The Labute approximate surface area is 138 Å². The van der Waals surface area contributed by atoms with Crippen LogP contribution in [-0.4, -0.2) is 12.1 Å². The van der Waals surface area contributed by atoms with Gasteiger partial charge in [-0.25, -0.2) is 4.98 Å². The second-order valence-electron chi connectivity index (χ2n) is 5.19. The number of nitrogens with one attached hydrogen (secondary N) is 1. The van der Waals surface area contributed by atoms with E-state index >= 15 is 0 Å². The highest BCUT2D eigenvalue weighted by Gasteiger charge is 2.16. The van der Waals surface area contributed by atoms with Crippen molar-refractivity contribution < 1.29 is 4.74 Å². The van der Waals surface area contributed by atoms with Crippen molar-refractivity contribution in [2.75, 3.05) is 7.11 Å². The molecule has 0 bridgehead atoms. The number of thiazole rings is 1. The molecule has 0 aliphatic carbocycles. The summed E-state index contributed by atoms with van der Waals surface area (Å²) in [5.41, 5.74) is 2.36. The topological polar surface area (TPSA) is 34.1 Å². The highest BCUT2D eigenvalue weighted by atomic mass is 79.9. The molecule has 0 fully saturated rings. The lowest BCUT2D eigenvalue weighted by atomic mass is 10.1. The zero-order chi connectivity index (χ0) is 15.6. The summed E-state index contributed by atoms with van der Waals surface area (Å²) in [6.45, 7) is 8.49. The molecule has 2 rings (SSSR count). The second-order valence-corrected chi connectivity index (χ2v) is 7.28. The van der Waals surface area contributed by atoms with Crippen LogP contribution in [0.5, 0.6) is 5.75 Å². The van der Waals surface area contributed by atoms with Gasteiger partial charge in [0.15, 0.2) is 0 Å². The third-order valence-corrected chi connectivity index (χ3v) is 5.38. The SMILES string of the molecule is COc1ccc(C(C)NC(C)c2sc(C)nc2C)cc1Br. The van der Waals surface area contributed by atoms with Crippen molar-refractivity contribution in [3.05, 3.63) is 43.8 Å². The Morgan fingerprint density at radius 2 is 1.95 bits per heavy atom. The van der Waals surface area contributed by atoms with Gasteiger partial charge in [0.05, 0.1) is 22.3 Å². The molecule has 1 aromatic heterocycles. The Morgan fingerprint density at radius 3 is 2.48 bits per heavy atom. The summed E-state index contributed by atoms with van der Waals surface area (Å²) < 4.78 is 6.25. The number of aromatic nitrogens is 1. The Balaban J connectivity index is 2.12. The van der Waals surface area contributed by atoms with Gasteiger partial charge < -0.3 is 10.1 Å². The summed E-state index contributed by atoms with van der Waals surface area (Å²) in [7, 11) is 1.68. The van der Waals surface area contributed by atoms with Crippen LogP contribution in [0.15, 0.2) is 22.7 Å². The summed E-state index contributed by atoms with van der Waals surface area (Å²) in [6, 6.07) is 6.73. The van der Waals surface area contributed by atoms with Crippen LogP contribution in [0.1, 0.15) is 47.1 Å². The molecule has 2 atom stereocenters. The number of nitrogens with zero attached hydrogens (tertiary/aromatic N) is 1. The van der Waals surface area contributed by atoms with Crippen LogP contribution in [0.25, 0.3) is 0 Å². The zero-order valence-corrected chi connectivity index (χ0v) is 15.4. The van der Waals surface area contributed by atoms with E-state index in [0.717, 1.165) is 20.9 Å². The van der Waals surface area contributed by atoms with E-state index < -0.39 is 0 Å². The first-order chi connectivity index (χ1) is 9.92. The Hall–Kier alpha value is -0.910. The molecule has 1 heterocycles. The lowest BCUT2D eigenvalue weighted by molar-refractivity contribution is 0.411. The summed E-state index contributed by atoms with van der Waals surface area (Å²) >= 11 is 5.31. The average molecular weight is 369 g/mol. The van der Waals surface area contributed by atoms with Crippen LogP contribution in [0.4, 0.5) is 0 Å². The molecule has 0 radical (unpaired) electrons. The van der Waals surface area contributed by atoms with E-state index in [4.69, 9.17) is 4.74 Å². The lowest BCUT2D eigenvalue weighted by Gasteiger charge is -2.20. The maximum atomic E-state index is 5.27. The molecule has 0 saturated heterocycles. The highest BCUT2D eigenvalue weighted by molar-refractivity contribution is 9.10. The summed E-state index contributed by atoms with van der Waals surface area (Å²) in [5, 5.41) is 4.76. The molecule has 5 heteroatoms. The summed E-state index contributed by atoms with van der Waals surface area (Å²) in [5.74, 6) is 0.855. The molecular formula is C16H21BrN2OS. The van der Waals surface area contributed by atoms with Gasteiger partial charge in [0.1, 0.15) is 5.75 Å². The third kappa shape index (κ3) is 3.84. The van der Waals surface area contributed by atoms with Crippen molar-refractivity contribution in [2.24, 2.45) is 0 Å². The summed E-state index contributed by atoms with van der Waals surface area (Å²) in [6.07, 6.45) is 0. The number of ether oxygens (including phenoxy) is 1. The van der Waals surface area contributed by atoms with Crippen molar-refractivity contribution >= 4 is 27.3 Å². The van der Waals surface area contributed by atoms with Crippen LogP contribution >= 0.6 is 27.3 Å². The first-order valence-corrected chi connectivity index (χ1v) is 8.56. The number of halogens is 1. The minimum absolute atomic E-state index is 0.254. The van der Waals surface area contributed by atoms with Crippen LogP contribution in [-0.2, 0) is 0 Å². The van der Waals surface area contributed by atoms with Crippen LogP contribution in [0.2, 0.25) is 0 Å². The van der Waals surface area contributed by atoms with Gasteiger partial charge in [-0.05, 0) is 61.3 Å². The monoisotopic (exact) mass is 368 g/mol. The zero-order valence-electron chi connectivity index (χ0n) is 13.0. The van der Waals surface area contributed by atoms with E-state index in [1.54, 1.807) is 18.4 Å². The predicted molar refractivity (Wildman–Crippen MR) is 92.2 cm³/mol. The quantitative estimate of drug-likeness (QED) is 0.810. The van der Waals surface area contributed by atoms with E-state index in [0.29, 0.717) is 0 Å². The van der Waals surface area contributed by atoms with Crippen molar-refractivity contribution in [3.8, 4) is 5.75 Å². The Bertz CT molecular complexity index is 627. The molecule has 2 aromatic rings. The summed E-state index contributed by atoms with van der Waals surface area (Å²) in [4.78, 5) is 5.82. The van der Waals surface area contributed by atoms with E-state index in [1.165, 1.54) is 10.4 Å². The molecular weight excluding hydrogens is 348 g/mol. The van der Waals surface area contributed by atoms with Gasteiger partial charge in [-0.3, -0.25) is 0 Å². The number of benzene rings is 1. The lowest BCUT2D eigenvalue weighted by Crippen LogP contribution is -2.22. The van der Waals surface area contributed by atoms with E-state index in [9.17, 15) is 0 Å². The third-order valence-electron chi connectivity index (χ3n) is 3.51. The average Bonchev–Trinajstić information content (AvgIpc) is 2.77. The maximum absolute atomic E-state index is 5.27. The van der Waals surface area contributed by atoms with E-state index in [-0.39, 0.29) is 12.1 Å². The fourth-order valence-electron chi connectivity index (χ4n) is 2.45. The molecule has 0 aliphatic rings. The molecule has 1 aromatic carbocycles. The fourth-order valence-corrected chi connectivity index (χ4v) is 3.95. The molecule has 114 valence electrons. The van der Waals surface area contributed by atoms with Crippen LogP contribution in [0.3, 0.4) is 0 Å². The largest absolute Gasteiger partial charge is 0.496 e. The molecule has 0 spiro atoms. The fraction of sp³-hybridized carbons (Fsp3) is 0.438. The number of aryl methyl sites for hydroxylation is 2. The number of hydrogen-bond acceptors (Lipinski definition) is 4. The number of methoxy groups -OCH3 is 1. The maximum Gasteiger partial charge on any atom is 0.133 e. The Kier molecular flexibility index (Phi) is 5.41.